The molecule has 1 atom stereocenters. The van der Waals surface area contributed by atoms with Crippen LogP contribution in [0, 0.1) is 0 Å². The fourth-order valence-corrected chi connectivity index (χ4v) is 0.940. The van der Waals surface area contributed by atoms with Crippen LogP contribution in [-0.2, 0) is 9.53 Å². The van der Waals surface area contributed by atoms with Crippen LogP contribution in [0.15, 0.2) is 24.0 Å². The van der Waals surface area contributed by atoms with Gasteiger partial charge in [-0.2, -0.15) is 0 Å². The Labute approximate surface area is 65.0 Å². The molecule has 3 nitrogen and oxygen atoms in total. The number of hydrogen-bond acceptors (Lipinski definition) is 3. The third kappa shape index (κ3) is 1.68. The van der Waals surface area contributed by atoms with Crippen molar-refractivity contribution < 1.29 is 14.6 Å². The van der Waals surface area contributed by atoms with Crippen LogP contribution < -0.4 is 0 Å². The summed E-state index contributed by atoms with van der Waals surface area (Å²) in [5, 5.41) is 9.41. The Hall–Kier alpha value is -1.09. The first-order valence-corrected chi connectivity index (χ1v) is 3.31. The Bertz CT molecular complexity index is 217. The molecule has 0 saturated carbocycles. The summed E-state index contributed by atoms with van der Waals surface area (Å²) in [7, 11) is 1.51. The smallest absolute Gasteiger partial charge is 0.155 e. The first kappa shape index (κ1) is 8.01. The van der Waals surface area contributed by atoms with Gasteiger partial charge in [0.1, 0.15) is 5.60 Å². The van der Waals surface area contributed by atoms with Crippen molar-refractivity contribution in [3.63, 3.8) is 0 Å². The third-order valence-electron chi connectivity index (χ3n) is 1.59. The van der Waals surface area contributed by atoms with Gasteiger partial charge in [-0.1, -0.05) is 6.08 Å². The number of allylic oxidation sites excluding steroid dienone is 2. The summed E-state index contributed by atoms with van der Waals surface area (Å²) in [6, 6.07) is 0. The van der Waals surface area contributed by atoms with Crippen LogP contribution >= 0.6 is 0 Å². The van der Waals surface area contributed by atoms with E-state index in [0.717, 1.165) is 0 Å². The van der Waals surface area contributed by atoms with Gasteiger partial charge >= 0.3 is 0 Å². The molecular formula is C8H10O3. The summed E-state index contributed by atoms with van der Waals surface area (Å²) in [5.41, 5.74) is -1.36. The van der Waals surface area contributed by atoms with E-state index < -0.39 is 5.60 Å². The number of hydrogen-bond donors (Lipinski definition) is 1. The third-order valence-corrected chi connectivity index (χ3v) is 1.59. The van der Waals surface area contributed by atoms with E-state index in [1.807, 2.05) is 0 Å². The van der Waals surface area contributed by atoms with Gasteiger partial charge in [0.05, 0.1) is 12.9 Å². The SMILES string of the molecule is COC1=CC=CC(O)(C=O)C1. The van der Waals surface area contributed by atoms with Crippen molar-refractivity contribution in [2.75, 3.05) is 7.11 Å². The molecule has 0 radical (unpaired) electrons. The molecule has 60 valence electrons. The molecule has 11 heavy (non-hydrogen) atoms. The van der Waals surface area contributed by atoms with E-state index in [4.69, 9.17) is 4.74 Å². The lowest BCUT2D eigenvalue weighted by Gasteiger charge is -2.20. The number of carbonyl (C=O) groups is 1. The Morgan fingerprint density at radius 3 is 3.09 bits per heavy atom. The van der Waals surface area contributed by atoms with Crippen LogP contribution in [0.25, 0.3) is 0 Å². The fourth-order valence-electron chi connectivity index (χ4n) is 0.940. The molecule has 0 aromatic heterocycles. The van der Waals surface area contributed by atoms with E-state index in [9.17, 15) is 9.90 Å². The van der Waals surface area contributed by atoms with Crippen molar-refractivity contribution in [3.8, 4) is 0 Å². The first-order valence-electron chi connectivity index (χ1n) is 3.31. The maximum Gasteiger partial charge on any atom is 0.155 e. The van der Waals surface area contributed by atoms with Gasteiger partial charge in [-0.15, -0.1) is 0 Å². The van der Waals surface area contributed by atoms with Gasteiger partial charge in [-0.3, -0.25) is 4.79 Å². The summed E-state index contributed by atoms with van der Waals surface area (Å²) in [6.45, 7) is 0. The van der Waals surface area contributed by atoms with E-state index in [2.05, 4.69) is 0 Å². The Balaban J connectivity index is 2.76. The molecule has 1 rings (SSSR count). The lowest BCUT2D eigenvalue weighted by Crippen LogP contribution is -2.29. The molecule has 0 aliphatic heterocycles. The average molecular weight is 154 g/mol. The van der Waals surface area contributed by atoms with Crippen LogP contribution in [-0.4, -0.2) is 24.1 Å². The fraction of sp³-hybridized carbons (Fsp3) is 0.375. The van der Waals surface area contributed by atoms with Gasteiger partial charge in [0.15, 0.2) is 6.29 Å². The topological polar surface area (TPSA) is 46.5 Å². The highest BCUT2D eigenvalue weighted by atomic mass is 16.5. The van der Waals surface area contributed by atoms with Gasteiger partial charge in [0.25, 0.3) is 0 Å². The predicted octanol–water partition coefficient (Wildman–Crippen LogP) is 0.407. The number of aliphatic hydroxyl groups is 1. The summed E-state index contributed by atoms with van der Waals surface area (Å²) in [6.07, 6.45) is 5.51. The second kappa shape index (κ2) is 2.88. The van der Waals surface area contributed by atoms with Crippen molar-refractivity contribution in [1.29, 1.82) is 0 Å². The molecular weight excluding hydrogens is 144 g/mol. The molecule has 3 heteroatoms. The van der Waals surface area contributed by atoms with Crippen LogP contribution in [0.2, 0.25) is 0 Å². The van der Waals surface area contributed by atoms with Crippen molar-refractivity contribution in [2.24, 2.45) is 0 Å². The number of methoxy groups -OCH3 is 1. The quantitative estimate of drug-likeness (QED) is 0.586. The van der Waals surface area contributed by atoms with Crippen LogP contribution in [0.4, 0.5) is 0 Å². The monoisotopic (exact) mass is 154 g/mol. The van der Waals surface area contributed by atoms with Gasteiger partial charge in [0.2, 0.25) is 0 Å². The molecule has 1 unspecified atom stereocenters. The van der Waals surface area contributed by atoms with E-state index >= 15 is 0 Å². The minimum Gasteiger partial charge on any atom is -0.501 e. The van der Waals surface area contributed by atoms with Crippen molar-refractivity contribution in [2.45, 2.75) is 12.0 Å². The van der Waals surface area contributed by atoms with Crippen LogP contribution in [0.3, 0.4) is 0 Å². The second-order valence-corrected chi connectivity index (χ2v) is 2.48. The zero-order valence-electron chi connectivity index (χ0n) is 6.28. The number of ether oxygens (including phenoxy) is 1. The summed E-state index contributed by atoms with van der Waals surface area (Å²) < 4.78 is 4.88. The van der Waals surface area contributed by atoms with Crippen molar-refractivity contribution in [3.05, 3.63) is 24.0 Å². The zero-order valence-corrected chi connectivity index (χ0v) is 6.28. The highest BCUT2D eigenvalue weighted by Gasteiger charge is 2.26. The van der Waals surface area contributed by atoms with Crippen molar-refractivity contribution >= 4 is 6.29 Å². The summed E-state index contributed by atoms with van der Waals surface area (Å²) in [5.74, 6) is 0.613. The van der Waals surface area contributed by atoms with Crippen LogP contribution in [0.5, 0.6) is 0 Å². The van der Waals surface area contributed by atoms with Gasteiger partial charge in [-0.25, -0.2) is 0 Å². The maximum atomic E-state index is 10.4. The van der Waals surface area contributed by atoms with E-state index in [1.165, 1.54) is 13.2 Å². The molecule has 0 spiro atoms. The molecule has 0 saturated heterocycles. The Kier molecular flexibility index (Phi) is 2.10. The normalized spacial score (nSPS) is 29.5. The molecule has 1 aliphatic carbocycles. The maximum absolute atomic E-state index is 10.4. The lowest BCUT2D eigenvalue weighted by atomic mass is 9.96. The first-order chi connectivity index (χ1) is 5.20. The average Bonchev–Trinajstić information content (AvgIpc) is 2.05. The highest BCUT2D eigenvalue weighted by Crippen LogP contribution is 2.20. The minimum atomic E-state index is -1.36. The molecule has 1 aliphatic rings. The molecule has 0 fully saturated rings. The minimum absolute atomic E-state index is 0.226. The molecule has 0 bridgehead atoms. The predicted molar refractivity (Wildman–Crippen MR) is 39.9 cm³/mol. The van der Waals surface area contributed by atoms with Crippen molar-refractivity contribution in [1.82, 2.24) is 0 Å². The van der Waals surface area contributed by atoms with Gasteiger partial charge < -0.3 is 9.84 Å². The number of carbonyl (C=O) groups excluding carboxylic acids is 1. The Morgan fingerprint density at radius 2 is 2.55 bits per heavy atom. The van der Waals surface area contributed by atoms with E-state index in [-0.39, 0.29) is 6.42 Å². The van der Waals surface area contributed by atoms with Gasteiger partial charge in [-0.05, 0) is 12.2 Å². The summed E-state index contributed by atoms with van der Waals surface area (Å²) in [4.78, 5) is 10.4. The standard InChI is InChI=1S/C8H10O3/c1-11-7-3-2-4-8(10,5-7)6-9/h2-4,6,10H,5H2,1H3. The molecule has 0 aromatic rings. The van der Waals surface area contributed by atoms with E-state index in [1.54, 1.807) is 12.2 Å². The summed E-state index contributed by atoms with van der Waals surface area (Å²) >= 11 is 0. The van der Waals surface area contributed by atoms with Gasteiger partial charge in [0, 0.05) is 6.42 Å². The largest absolute Gasteiger partial charge is 0.501 e. The Morgan fingerprint density at radius 1 is 1.82 bits per heavy atom. The highest BCUT2D eigenvalue weighted by molar-refractivity contribution is 5.67. The zero-order chi connectivity index (χ0) is 8.32. The molecule has 0 amide bonds. The second-order valence-electron chi connectivity index (χ2n) is 2.48. The molecule has 0 aromatic carbocycles. The number of aldehydes is 1. The van der Waals surface area contributed by atoms with E-state index in [0.29, 0.717) is 12.0 Å². The molecule has 1 N–H and O–H groups in total. The molecule has 0 heterocycles. The van der Waals surface area contributed by atoms with Crippen LogP contribution in [0.1, 0.15) is 6.42 Å². The lowest BCUT2D eigenvalue weighted by molar-refractivity contribution is -0.120. The number of rotatable bonds is 2.